The zero-order chi connectivity index (χ0) is 12.3. The van der Waals surface area contributed by atoms with Crippen LogP contribution in [0.3, 0.4) is 0 Å². The molecule has 1 aromatic heterocycles. The molecule has 1 atom stereocenters. The zero-order valence-electron chi connectivity index (χ0n) is 9.32. The average Bonchev–Trinajstić information content (AvgIpc) is 2.32. The maximum absolute atomic E-state index is 12.7. The Morgan fingerprint density at radius 1 is 1.29 bits per heavy atom. The summed E-state index contributed by atoms with van der Waals surface area (Å²) < 4.78 is 13.7. The first-order valence-electron chi connectivity index (χ1n) is 5.29. The molecule has 4 heteroatoms. The largest absolute Gasteiger partial charge is 0.377 e. The van der Waals surface area contributed by atoms with Crippen molar-refractivity contribution in [1.82, 2.24) is 4.98 Å². The van der Waals surface area contributed by atoms with Gasteiger partial charge in [-0.15, -0.1) is 0 Å². The van der Waals surface area contributed by atoms with Crippen LogP contribution < -0.4 is 5.32 Å². The second kappa shape index (κ2) is 5.27. The Balaban J connectivity index is 2.11. The highest BCUT2D eigenvalue weighted by Gasteiger charge is 2.05. The summed E-state index contributed by atoms with van der Waals surface area (Å²) >= 11 is 3.44. The molecule has 0 amide bonds. The number of nitrogens with zero attached hydrogens (tertiary/aromatic N) is 1. The van der Waals surface area contributed by atoms with Crippen molar-refractivity contribution in [3.8, 4) is 0 Å². The molecule has 88 valence electrons. The Labute approximate surface area is 108 Å². The van der Waals surface area contributed by atoms with Crippen molar-refractivity contribution in [1.29, 1.82) is 0 Å². The summed E-state index contributed by atoms with van der Waals surface area (Å²) in [6, 6.07) is 11.2. The first-order chi connectivity index (χ1) is 8.15. The highest BCUT2D eigenvalue weighted by Crippen LogP contribution is 2.21. The van der Waals surface area contributed by atoms with Gasteiger partial charge in [-0.25, -0.2) is 4.98 Å². The van der Waals surface area contributed by atoms with Crippen LogP contribution in [0.1, 0.15) is 18.5 Å². The second-order valence-electron chi connectivity index (χ2n) is 3.79. The lowest BCUT2D eigenvalue weighted by Crippen LogP contribution is -2.06. The van der Waals surface area contributed by atoms with Crippen LogP contribution in [0.25, 0.3) is 0 Å². The third-order valence-corrected chi connectivity index (χ3v) is 2.95. The molecule has 0 fully saturated rings. The molecule has 0 aliphatic heterocycles. The van der Waals surface area contributed by atoms with E-state index in [1.807, 2.05) is 25.1 Å². The van der Waals surface area contributed by atoms with Gasteiger partial charge >= 0.3 is 0 Å². The molecule has 1 unspecified atom stereocenters. The SMILES string of the molecule is CC(Nc1ccc(F)nc1)c1cccc(Br)c1. The first kappa shape index (κ1) is 12.0. The van der Waals surface area contributed by atoms with Crippen LogP contribution in [0, 0.1) is 5.95 Å². The third-order valence-electron chi connectivity index (χ3n) is 2.46. The number of pyridine rings is 1. The molecular formula is C13H12BrFN2. The molecule has 1 heterocycles. The van der Waals surface area contributed by atoms with Crippen LogP contribution in [0.5, 0.6) is 0 Å². The van der Waals surface area contributed by atoms with E-state index in [4.69, 9.17) is 0 Å². The van der Waals surface area contributed by atoms with E-state index < -0.39 is 5.95 Å². The van der Waals surface area contributed by atoms with Gasteiger partial charge in [0.05, 0.1) is 11.9 Å². The Bertz CT molecular complexity index is 499. The summed E-state index contributed by atoms with van der Waals surface area (Å²) in [6.07, 6.45) is 1.49. The van der Waals surface area contributed by atoms with Gasteiger partial charge in [-0.3, -0.25) is 0 Å². The Hall–Kier alpha value is -1.42. The normalized spacial score (nSPS) is 12.2. The minimum atomic E-state index is -0.467. The number of nitrogens with one attached hydrogen (secondary N) is 1. The van der Waals surface area contributed by atoms with E-state index >= 15 is 0 Å². The summed E-state index contributed by atoms with van der Waals surface area (Å²) in [6.45, 7) is 2.05. The number of benzene rings is 1. The Kier molecular flexibility index (Phi) is 3.74. The van der Waals surface area contributed by atoms with Gasteiger partial charge in [0.1, 0.15) is 0 Å². The van der Waals surface area contributed by atoms with Gasteiger partial charge < -0.3 is 5.32 Å². The number of rotatable bonds is 3. The Morgan fingerprint density at radius 2 is 2.12 bits per heavy atom. The number of anilines is 1. The van der Waals surface area contributed by atoms with Gasteiger partial charge in [0.15, 0.2) is 0 Å². The smallest absolute Gasteiger partial charge is 0.212 e. The van der Waals surface area contributed by atoms with E-state index in [0.29, 0.717) is 0 Å². The van der Waals surface area contributed by atoms with Crippen molar-refractivity contribution >= 4 is 21.6 Å². The molecule has 0 aliphatic carbocycles. The summed E-state index contributed by atoms with van der Waals surface area (Å²) in [7, 11) is 0. The maximum Gasteiger partial charge on any atom is 0.212 e. The molecule has 17 heavy (non-hydrogen) atoms. The van der Waals surface area contributed by atoms with Crippen molar-refractivity contribution in [3.63, 3.8) is 0 Å². The fraction of sp³-hybridized carbons (Fsp3) is 0.154. The van der Waals surface area contributed by atoms with Gasteiger partial charge in [0.2, 0.25) is 5.95 Å². The molecule has 2 rings (SSSR count). The predicted octanol–water partition coefficient (Wildman–Crippen LogP) is 4.16. The van der Waals surface area contributed by atoms with E-state index in [1.165, 1.54) is 12.3 Å². The molecule has 0 aliphatic rings. The van der Waals surface area contributed by atoms with Crippen molar-refractivity contribution in [2.75, 3.05) is 5.32 Å². The number of hydrogen-bond donors (Lipinski definition) is 1. The lowest BCUT2D eigenvalue weighted by Gasteiger charge is -2.15. The summed E-state index contributed by atoms with van der Waals surface area (Å²) in [5.41, 5.74) is 1.96. The van der Waals surface area contributed by atoms with Crippen LogP contribution in [0.4, 0.5) is 10.1 Å². The molecule has 0 saturated carbocycles. The Morgan fingerprint density at radius 3 is 2.76 bits per heavy atom. The zero-order valence-corrected chi connectivity index (χ0v) is 10.9. The van der Waals surface area contributed by atoms with Crippen molar-refractivity contribution < 1.29 is 4.39 Å². The van der Waals surface area contributed by atoms with E-state index in [0.717, 1.165) is 15.7 Å². The molecule has 0 spiro atoms. The first-order valence-corrected chi connectivity index (χ1v) is 6.08. The predicted molar refractivity (Wildman–Crippen MR) is 70.4 cm³/mol. The van der Waals surface area contributed by atoms with Crippen molar-refractivity contribution in [2.45, 2.75) is 13.0 Å². The van der Waals surface area contributed by atoms with Crippen LogP contribution in [-0.4, -0.2) is 4.98 Å². The lowest BCUT2D eigenvalue weighted by atomic mass is 10.1. The molecule has 1 aromatic carbocycles. The molecule has 2 aromatic rings. The van der Waals surface area contributed by atoms with E-state index in [2.05, 4.69) is 32.3 Å². The van der Waals surface area contributed by atoms with Crippen LogP contribution in [-0.2, 0) is 0 Å². The van der Waals surface area contributed by atoms with Gasteiger partial charge in [0.25, 0.3) is 0 Å². The van der Waals surface area contributed by atoms with Gasteiger partial charge in [-0.2, -0.15) is 4.39 Å². The van der Waals surface area contributed by atoms with Crippen LogP contribution >= 0.6 is 15.9 Å². The van der Waals surface area contributed by atoms with Crippen LogP contribution in [0.2, 0.25) is 0 Å². The topological polar surface area (TPSA) is 24.9 Å². The van der Waals surface area contributed by atoms with Gasteiger partial charge in [0, 0.05) is 10.5 Å². The maximum atomic E-state index is 12.7. The van der Waals surface area contributed by atoms with E-state index in [-0.39, 0.29) is 6.04 Å². The minimum absolute atomic E-state index is 0.139. The average molecular weight is 295 g/mol. The molecular weight excluding hydrogens is 283 g/mol. The van der Waals surface area contributed by atoms with Gasteiger partial charge in [-0.1, -0.05) is 28.1 Å². The molecule has 0 saturated heterocycles. The fourth-order valence-corrected chi connectivity index (χ4v) is 1.99. The number of halogens is 2. The lowest BCUT2D eigenvalue weighted by molar-refractivity contribution is 0.584. The monoisotopic (exact) mass is 294 g/mol. The quantitative estimate of drug-likeness (QED) is 0.860. The van der Waals surface area contributed by atoms with Crippen molar-refractivity contribution in [3.05, 3.63) is 58.6 Å². The molecule has 1 N–H and O–H groups in total. The molecule has 0 radical (unpaired) electrons. The van der Waals surface area contributed by atoms with Crippen LogP contribution in [0.15, 0.2) is 47.1 Å². The fourth-order valence-electron chi connectivity index (χ4n) is 1.57. The highest BCUT2D eigenvalue weighted by atomic mass is 79.9. The van der Waals surface area contributed by atoms with E-state index in [9.17, 15) is 4.39 Å². The summed E-state index contributed by atoms with van der Waals surface area (Å²) in [5, 5.41) is 3.26. The van der Waals surface area contributed by atoms with Gasteiger partial charge in [-0.05, 0) is 36.8 Å². The highest BCUT2D eigenvalue weighted by molar-refractivity contribution is 9.10. The van der Waals surface area contributed by atoms with Crippen molar-refractivity contribution in [2.24, 2.45) is 0 Å². The number of hydrogen-bond acceptors (Lipinski definition) is 2. The third kappa shape index (κ3) is 3.27. The summed E-state index contributed by atoms with van der Waals surface area (Å²) in [5.74, 6) is -0.467. The molecule has 0 bridgehead atoms. The standard InChI is InChI=1S/C13H12BrFN2/c1-9(10-3-2-4-11(14)7-10)17-12-5-6-13(15)16-8-12/h2-9,17H,1H3. The summed E-state index contributed by atoms with van der Waals surface area (Å²) in [4.78, 5) is 3.60. The molecule has 2 nitrogen and oxygen atoms in total. The minimum Gasteiger partial charge on any atom is -0.377 e. The number of aromatic nitrogens is 1. The second-order valence-corrected chi connectivity index (χ2v) is 4.71. The van der Waals surface area contributed by atoms with E-state index in [1.54, 1.807) is 6.07 Å².